The van der Waals surface area contributed by atoms with E-state index in [-0.39, 0.29) is 11.5 Å². The van der Waals surface area contributed by atoms with Gasteiger partial charge in [-0.3, -0.25) is 0 Å². The predicted molar refractivity (Wildman–Crippen MR) is 71.1 cm³/mol. The number of anilines is 3. The van der Waals surface area contributed by atoms with E-state index in [1.54, 1.807) is 24.3 Å². The van der Waals surface area contributed by atoms with Crippen molar-refractivity contribution in [1.82, 2.24) is 4.98 Å². The highest BCUT2D eigenvalue weighted by Crippen LogP contribution is 2.32. The van der Waals surface area contributed by atoms with Gasteiger partial charge in [-0.15, -0.1) is 0 Å². The van der Waals surface area contributed by atoms with E-state index in [1.807, 2.05) is 0 Å². The van der Waals surface area contributed by atoms with Crippen LogP contribution in [0.1, 0.15) is 5.56 Å². The molecule has 0 saturated carbocycles. The first-order valence-electron chi connectivity index (χ1n) is 5.21. The third-order valence-corrected chi connectivity index (χ3v) is 2.90. The normalized spacial score (nSPS) is 11.4. The minimum atomic E-state index is -4.45. The van der Waals surface area contributed by atoms with Gasteiger partial charge in [0.25, 0.3) is 0 Å². The van der Waals surface area contributed by atoms with Crippen molar-refractivity contribution in [2.75, 3.05) is 11.1 Å². The highest BCUT2D eigenvalue weighted by molar-refractivity contribution is 9.10. The minimum absolute atomic E-state index is 0.0101. The van der Waals surface area contributed by atoms with Crippen LogP contribution in [0.25, 0.3) is 0 Å². The second kappa shape index (κ2) is 5.08. The largest absolute Gasteiger partial charge is 0.417 e. The van der Waals surface area contributed by atoms with E-state index in [0.29, 0.717) is 11.9 Å². The molecule has 3 nitrogen and oxygen atoms in total. The van der Waals surface area contributed by atoms with Crippen molar-refractivity contribution in [1.29, 1.82) is 0 Å². The van der Waals surface area contributed by atoms with Crippen molar-refractivity contribution >= 4 is 33.1 Å². The van der Waals surface area contributed by atoms with Gasteiger partial charge in [0.2, 0.25) is 0 Å². The van der Waals surface area contributed by atoms with E-state index in [1.165, 1.54) is 0 Å². The zero-order chi connectivity index (χ0) is 14.0. The van der Waals surface area contributed by atoms with E-state index in [9.17, 15) is 13.2 Å². The second-order valence-corrected chi connectivity index (χ2v) is 4.70. The maximum Gasteiger partial charge on any atom is 0.417 e. The van der Waals surface area contributed by atoms with Crippen LogP contribution in [-0.2, 0) is 6.18 Å². The van der Waals surface area contributed by atoms with Crippen molar-refractivity contribution in [3.8, 4) is 0 Å². The average Bonchev–Trinajstić information content (AvgIpc) is 2.33. The molecule has 0 unspecified atom stereocenters. The summed E-state index contributed by atoms with van der Waals surface area (Å²) >= 11 is 3.27. The molecule has 3 N–H and O–H groups in total. The molecule has 1 aromatic carbocycles. The minimum Gasteiger partial charge on any atom is -0.382 e. The van der Waals surface area contributed by atoms with Gasteiger partial charge in [-0.25, -0.2) is 4.98 Å². The molecule has 0 aliphatic heterocycles. The molecule has 0 spiro atoms. The van der Waals surface area contributed by atoms with E-state index in [4.69, 9.17) is 5.73 Å². The molecule has 0 amide bonds. The fourth-order valence-corrected chi connectivity index (χ4v) is 1.68. The Morgan fingerprint density at radius 2 is 1.79 bits per heavy atom. The first kappa shape index (κ1) is 13.7. The van der Waals surface area contributed by atoms with E-state index < -0.39 is 11.7 Å². The number of nitrogens with two attached hydrogens (primary N) is 1. The maximum atomic E-state index is 12.6. The van der Waals surface area contributed by atoms with Crippen molar-refractivity contribution < 1.29 is 13.2 Å². The van der Waals surface area contributed by atoms with Crippen LogP contribution >= 0.6 is 15.9 Å². The third kappa shape index (κ3) is 3.37. The summed E-state index contributed by atoms with van der Waals surface area (Å²) in [6.45, 7) is 0. The quantitative estimate of drug-likeness (QED) is 0.867. The van der Waals surface area contributed by atoms with Crippen LogP contribution in [-0.4, -0.2) is 4.98 Å². The number of hydrogen-bond donors (Lipinski definition) is 2. The van der Waals surface area contributed by atoms with Gasteiger partial charge in [0, 0.05) is 16.4 Å². The fraction of sp³-hybridized carbons (Fsp3) is 0.0833. The van der Waals surface area contributed by atoms with Crippen LogP contribution in [0.15, 0.2) is 41.0 Å². The van der Waals surface area contributed by atoms with Crippen LogP contribution in [0.3, 0.4) is 0 Å². The SMILES string of the molecule is Nc1ncc(C(F)(F)F)cc1Nc1ccc(Br)cc1. The lowest BCUT2D eigenvalue weighted by atomic mass is 10.2. The second-order valence-electron chi connectivity index (χ2n) is 3.79. The number of rotatable bonds is 2. The van der Waals surface area contributed by atoms with Crippen LogP contribution in [0, 0.1) is 0 Å². The third-order valence-electron chi connectivity index (χ3n) is 2.37. The highest BCUT2D eigenvalue weighted by atomic mass is 79.9. The highest BCUT2D eigenvalue weighted by Gasteiger charge is 2.31. The summed E-state index contributed by atoms with van der Waals surface area (Å²) in [5.41, 5.74) is 5.46. The molecule has 0 radical (unpaired) electrons. The van der Waals surface area contributed by atoms with Gasteiger partial charge in [-0.1, -0.05) is 15.9 Å². The predicted octanol–water partition coefficient (Wildman–Crippen LogP) is 4.19. The Hall–Kier alpha value is -1.76. The summed E-state index contributed by atoms with van der Waals surface area (Å²) in [6, 6.07) is 7.89. The molecule has 0 saturated heterocycles. The fourth-order valence-electron chi connectivity index (χ4n) is 1.42. The number of nitrogens with one attached hydrogen (secondary N) is 1. The van der Waals surface area contributed by atoms with Gasteiger partial charge in [-0.2, -0.15) is 13.2 Å². The molecule has 0 aliphatic rings. The van der Waals surface area contributed by atoms with Gasteiger partial charge < -0.3 is 11.1 Å². The molecule has 0 fully saturated rings. The molecule has 2 rings (SSSR count). The molecule has 0 aliphatic carbocycles. The number of alkyl halides is 3. The van der Waals surface area contributed by atoms with Gasteiger partial charge in [0.1, 0.15) is 5.82 Å². The maximum absolute atomic E-state index is 12.6. The topological polar surface area (TPSA) is 50.9 Å². The van der Waals surface area contributed by atoms with Gasteiger partial charge in [-0.05, 0) is 30.3 Å². The van der Waals surface area contributed by atoms with Crippen LogP contribution in [0.4, 0.5) is 30.4 Å². The van der Waals surface area contributed by atoms with Crippen LogP contribution in [0.2, 0.25) is 0 Å². The molecule has 7 heteroatoms. The summed E-state index contributed by atoms with van der Waals surface area (Å²) in [5, 5.41) is 2.80. The number of hydrogen-bond acceptors (Lipinski definition) is 3. The van der Waals surface area contributed by atoms with E-state index in [0.717, 1.165) is 10.5 Å². The summed E-state index contributed by atoms with van der Waals surface area (Å²) in [5.74, 6) is 0.0101. The van der Waals surface area contributed by atoms with Crippen LogP contribution in [0.5, 0.6) is 0 Å². The number of benzene rings is 1. The Kier molecular flexibility index (Phi) is 3.66. The monoisotopic (exact) mass is 331 g/mol. The molecular formula is C12H9BrF3N3. The summed E-state index contributed by atoms with van der Waals surface area (Å²) in [4.78, 5) is 3.55. The van der Waals surface area contributed by atoms with Crippen molar-refractivity contribution in [2.45, 2.75) is 6.18 Å². The molecule has 19 heavy (non-hydrogen) atoms. The summed E-state index contributed by atoms with van der Waals surface area (Å²) in [7, 11) is 0. The van der Waals surface area contributed by atoms with E-state index >= 15 is 0 Å². The summed E-state index contributed by atoms with van der Waals surface area (Å²) in [6.07, 6.45) is -3.74. The zero-order valence-electron chi connectivity index (χ0n) is 9.50. The van der Waals surface area contributed by atoms with Crippen molar-refractivity contribution in [2.24, 2.45) is 0 Å². The summed E-state index contributed by atoms with van der Waals surface area (Å²) < 4.78 is 38.6. The smallest absolute Gasteiger partial charge is 0.382 e. The first-order chi connectivity index (χ1) is 8.86. The van der Waals surface area contributed by atoms with Gasteiger partial charge in [0.05, 0.1) is 11.3 Å². The lowest BCUT2D eigenvalue weighted by Gasteiger charge is -2.12. The first-order valence-corrected chi connectivity index (χ1v) is 6.01. The molecule has 0 bridgehead atoms. The number of halogens is 4. The molecule has 2 aromatic rings. The molecule has 0 atom stereocenters. The van der Waals surface area contributed by atoms with Gasteiger partial charge in [0.15, 0.2) is 0 Å². The Morgan fingerprint density at radius 3 is 2.37 bits per heavy atom. The zero-order valence-corrected chi connectivity index (χ0v) is 11.1. The van der Waals surface area contributed by atoms with Gasteiger partial charge >= 0.3 is 6.18 Å². The Bertz CT molecular complexity index is 582. The molecular weight excluding hydrogens is 323 g/mol. The average molecular weight is 332 g/mol. The molecule has 1 heterocycles. The lowest BCUT2D eigenvalue weighted by Crippen LogP contribution is -2.08. The lowest BCUT2D eigenvalue weighted by molar-refractivity contribution is -0.137. The number of aromatic nitrogens is 1. The Labute approximate surface area is 115 Å². The Balaban J connectivity index is 2.31. The Morgan fingerprint density at radius 1 is 1.16 bits per heavy atom. The number of pyridine rings is 1. The molecule has 1 aromatic heterocycles. The number of nitrogens with zero attached hydrogens (tertiary/aromatic N) is 1. The van der Waals surface area contributed by atoms with Crippen LogP contribution < -0.4 is 11.1 Å². The standard InChI is InChI=1S/C12H9BrF3N3/c13-8-1-3-9(4-2-8)19-10-5-7(12(14,15)16)6-18-11(10)17/h1-6,19H,(H2,17,18). The molecule has 100 valence electrons. The number of nitrogen functional groups attached to an aromatic ring is 1. The van der Waals surface area contributed by atoms with Crippen molar-refractivity contribution in [3.63, 3.8) is 0 Å². The van der Waals surface area contributed by atoms with E-state index in [2.05, 4.69) is 26.2 Å². The van der Waals surface area contributed by atoms with Crippen molar-refractivity contribution in [3.05, 3.63) is 46.6 Å².